The predicted octanol–water partition coefficient (Wildman–Crippen LogP) is 3.69. The van der Waals surface area contributed by atoms with Crippen LogP contribution in [0.1, 0.15) is 80.1 Å². The summed E-state index contributed by atoms with van der Waals surface area (Å²) < 4.78 is 17.5. The molecule has 1 aliphatic rings. The summed E-state index contributed by atoms with van der Waals surface area (Å²) >= 11 is 0. The number of hydrogen-bond acceptors (Lipinski definition) is 10. The van der Waals surface area contributed by atoms with Crippen molar-refractivity contribution in [3.8, 4) is 22.8 Å². The Morgan fingerprint density at radius 1 is 1.00 bits per heavy atom. The molecule has 5 rings (SSSR count). The second-order valence-corrected chi connectivity index (χ2v) is 13.1. The topological polar surface area (TPSA) is 183 Å². The molecule has 0 radical (unpaired) electrons. The molecular formula is C38H48N8O7. The molecule has 0 aliphatic carbocycles. The molecule has 15 nitrogen and oxygen atoms in total. The van der Waals surface area contributed by atoms with Crippen molar-refractivity contribution in [1.82, 2.24) is 40.8 Å². The van der Waals surface area contributed by atoms with Gasteiger partial charge in [-0.1, -0.05) is 61.8 Å². The fourth-order valence-electron chi connectivity index (χ4n) is 6.20. The minimum absolute atomic E-state index is 0.0965. The molecule has 0 spiro atoms. The number of carbonyl (C=O) groups excluding carboxylic acids is 4. The van der Waals surface area contributed by atoms with E-state index < -0.39 is 12.1 Å². The van der Waals surface area contributed by atoms with Crippen molar-refractivity contribution >= 4 is 23.6 Å². The van der Waals surface area contributed by atoms with Gasteiger partial charge in [0.25, 0.3) is 5.91 Å². The number of methoxy groups -OCH3 is 2. The van der Waals surface area contributed by atoms with E-state index in [1.165, 1.54) is 10.9 Å². The van der Waals surface area contributed by atoms with E-state index in [1.54, 1.807) is 32.1 Å². The van der Waals surface area contributed by atoms with Gasteiger partial charge in [-0.05, 0) is 43.4 Å². The van der Waals surface area contributed by atoms with Crippen molar-refractivity contribution in [1.29, 1.82) is 0 Å². The van der Waals surface area contributed by atoms with E-state index in [-0.39, 0.29) is 55.6 Å². The number of aromatic nitrogens is 4. The quantitative estimate of drug-likeness (QED) is 0.242. The van der Waals surface area contributed by atoms with Crippen LogP contribution >= 0.6 is 0 Å². The van der Waals surface area contributed by atoms with Crippen LogP contribution in [0, 0.1) is 5.92 Å². The molecule has 1 aliphatic heterocycles. The summed E-state index contributed by atoms with van der Waals surface area (Å²) in [6, 6.07) is 13.3. The Balaban J connectivity index is 1.39. The molecular weight excluding hydrogens is 680 g/mol. The highest BCUT2D eigenvalue weighted by Gasteiger charge is 2.30. The van der Waals surface area contributed by atoms with E-state index in [2.05, 4.69) is 26.2 Å². The van der Waals surface area contributed by atoms with Crippen LogP contribution < -0.4 is 25.4 Å². The molecule has 0 fully saturated rings. The summed E-state index contributed by atoms with van der Waals surface area (Å²) in [5, 5.41) is 17.6. The molecule has 282 valence electrons. The van der Waals surface area contributed by atoms with Gasteiger partial charge >= 0.3 is 0 Å². The van der Waals surface area contributed by atoms with Gasteiger partial charge in [-0.15, -0.1) is 0 Å². The summed E-state index contributed by atoms with van der Waals surface area (Å²) in [7, 11) is 3.12. The van der Waals surface area contributed by atoms with E-state index in [0.29, 0.717) is 66.6 Å². The summed E-state index contributed by atoms with van der Waals surface area (Å²) in [6.07, 6.45) is 3.20. The highest BCUT2D eigenvalue weighted by molar-refractivity contribution is 5.99. The average Bonchev–Trinajstić information content (AvgIpc) is 3.81. The van der Waals surface area contributed by atoms with E-state index in [9.17, 15) is 19.2 Å². The molecule has 3 heterocycles. The van der Waals surface area contributed by atoms with E-state index in [1.807, 2.05) is 56.3 Å². The van der Waals surface area contributed by atoms with Crippen LogP contribution in [0.2, 0.25) is 0 Å². The van der Waals surface area contributed by atoms with Crippen LogP contribution in [0.3, 0.4) is 0 Å². The maximum atomic E-state index is 13.9. The molecule has 4 amide bonds. The first-order chi connectivity index (χ1) is 25.6. The predicted molar refractivity (Wildman–Crippen MR) is 195 cm³/mol. The Hall–Kier alpha value is -5.73. The number of carbonyl (C=O) groups is 4. The Labute approximate surface area is 308 Å². The summed E-state index contributed by atoms with van der Waals surface area (Å²) in [5.74, 6) is 0.524. The smallest absolute Gasteiger partial charge is 0.259 e. The van der Waals surface area contributed by atoms with Gasteiger partial charge < -0.3 is 34.8 Å². The monoisotopic (exact) mass is 728 g/mol. The third-order valence-corrected chi connectivity index (χ3v) is 9.30. The molecule has 15 heteroatoms. The van der Waals surface area contributed by atoms with Crippen molar-refractivity contribution in [2.45, 2.75) is 71.5 Å². The number of nitrogens with zero attached hydrogens (tertiary/aromatic N) is 5. The fraction of sp³-hybridized carbons (Fsp3) is 0.447. The second kappa shape index (κ2) is 18.2. The molecule has 3 atom stereocenters. The van der Waals surface area contributed by atoms with Crippen molar-refractivity contribution in [3.63, 3.8) is 0 Å². The number of amides is 4. The maximum Gasteiger partial charge on any atom is 0.259 e. The lowest BCUT2D eigenvalue weighted by Gasteiger charge is -2.26. The fourth-order valence-corrected chi connectivity index (χ4v) is 6.20. The Morgan fingerprint density at radius 2 is 1.75 bits per heavy atom. The summed E-state index contributed by atoms with van der Waals surface area (Å²) in [4.78, 5) is 60.5. The van der Waals surface area contributed by atoms with Gasteiger partial charge in [-0.2, -0.15) is 5.10 Å². The van der Waals surface area contributed by atoms with Gasteiger partial charge in [0.2, 0.25) is 17.7 Å². The van der Waals surface area contributed by atoms with Crippen molar-refractivity contribution < 1.29 is 33.2 Å². The van der Waals surface area contributed by atoms with Gasteiger partial charge in [-0.3, -0.25) is 19.2 Å². The SMILES string of the molecule is CC[C@H](C)[C@@H]1NC(=O)CCCN(C(=O)c2conc2-c2ccccc2)CCCNC(=O)Cn2nc(Cc3ccc(OC)c(OC)c3)nc2[C@@H](C)NC1=O. The highest BCUT2D eigenvalue weighted by Crippen LogP contribution is 2.28. The van der Waals surface area contributed by atoms with Crippen molar-refractivity contribution in [3.05, 3.63) is 77.6 Å². The molecule has 3 N–H and O–H groups in total. The lowest BCUT2D eigenvalue weighted by atomic mass is 9.97. The minimum atomic E-state index is -0.817. The molecule has 0 saturated heterocycles. The zero-order chi connectivity index (χ0) is 37.9. The number of benzene rings is 2. The molecule has 0 saturated carbocycles. The Morgan fingerprint density at radius 3 is 2.49 bits per heavy atom. The van der Waals surface area contributed by atoms with Crippen LogP contribution in [-0.4, -0.2) is 88.3 Å². The lowest BCUT2D eigenvalue weighted by Crippen LogP contribution is -2.51. The highest BCUT2D eigenvalue weighted by atomic mass is 16.5. The van der Waals surface area contributed by atoms with Gasteiger partial charge in [0, 0.05) is 38.0 Å². The van der Waals surface area contributed by atoms with Crippen molar-refractivity contribution in [2.75, 3.05) is 33.9 Å². The zero-order valence-corrected chi connectivity index (χ0v) is 30.9. The Bertz CT molecular complexity index is 1870. The first-order valence-corrected chi connectivity index (χ1v) is 17.9. The molecule has 53 heavy (non-hydrogen) atoms. The van der Waals surface area contributed by atoms with Gasteiger partial charge in [-0.25, -0.2) is 9.67 Å². The van der Waals surface area contributed by atoms with Crippen LogP contribution in [0.5, 0.6) is 11.5 Å². The minimum Gasteiger partial charge on any atom is -0.493 e. The average molecular weight is 729 g/mol. The summed E-state index contributed by atoms with van der Waals surface area (Å²) in [6.45, 7) is 6.33. The molecule has 2 aromatic carbocycles. The molecule has 2 aromatic heterocycles. The zero-order valence-electron chi connectivity index (χ0n) is 30.9. The van der Waals surface area contributed by atoms with Gasteiger partial charge in [0.05, 0.1) is 20.3 Å². The van der Waals surface area contributed by atoms with E-state index >= 15 is 0 Å². The number of fused-ring (bicyclic) bond motifs is 1. The van der Waals surface area contributed by atoms with Crippen LogP contribution in [0.4, 0.5) is 0 Å². The third-order valence-electron chi connectivity index (χ3n) is 9.30. The number of ether oxygens (including phenoxy) is 2. The first-order valence-electron chi connectivity index (χ1n) is 17.9. The van der Waals surface area contributed by atoms with Crippen LogP contribution in [0.15, 0.2) is 59.3 Å². The van der Waals surface area contributed by atoms with Gasteiger partial charge in [0.1, 0.15) is 35.9 Å². The standard InChI is InChI=1S/C38H48N8O7/c1-6-24(2)34-37(49)40-25(3)36-41-31(21-26-15-16-29(51-4)30(20-26)52-5)43-46(36)22-33(48)39-17-11-19-45(18-10-14-32(47)42-34)38(50)28-23-53-44-35(28)27-12-8-7-9-13-27/h7-9,12-13,15-16,20,23-25,34H,6,10-11,14,17-19,21-22H2,1-5H3,(H,39,48)(H,40,49)(H,42,47)/t24-,25+,34-/m0/s1. The van der Waals surface area contributed by atoms with E-state index in [4.69, 9.17) is 19.0 Å². The van der Waals surface area contributed by atoms with Crippen LogP contribution in [0.25, 0.3) is 11.3 Å². The first kappa shape index (κ1) is 38.5. The number of rotatable bonds is 8. The number of nitrogens with one attached hydrogen (secondary N) is 3. The Kier molecular flexibility index (Phi) is 13.2. The normalized spacial score (nSPS) is 18.4. The molecule has 0 unspecified atom stereocenters. The maximum absolute atomic E-state index is 13.9. The molecule has 0 bridgehead atoms. The van der Waals surface area contributed by atoms with Crippen molar-refractivity contribution in [2.24, 2.45) is 5.92 Å². The van der Waals surface area contributed by atoms with E-state index in [0.717, 1.165) is 11.1 Å². The summed E-state index contributed by atoms with van der Waals surface area (Å²) in [5.41, 5.74) is 2.32. The van der Waals surface area contributed by atoms with Gasteiger partial charge in [0.15, 0.2) is 17.3 Å². The largest absolute Gasteiger partial charge is 0.493 e. The van der Waals surface area contributed by atoms with Crippen LogP contribution in [-0.2, 0) is 27.3 Å². The lowest BCUT2D eigenvalue weighted by molar-refractivity contribution is -0.130. The second-order valence-electron chi connectivity index (χ2n) is 13.1. The molecule has 4 aromatic rings. The third kappa shape index (κ3) is 9.78. The number of hydrogen-bond donors (Lipinski definition) is 3.